The zero-order valence-electron chi connectivity index (χ0n) is 17.0. The van der Waals surface area contributed by atoms with Crippen molar-refractivity contribution in [3.05, 3.63) is 35.6 Å². The first-order valence-corrected chi connectivity index (χ1v) is 9.80. The molecule has 0 radical (unpaired) electrons. The Morgan fingerprint density at radius 1 is 1.19 bits per heavy atom. The molecule has 2 aromatic rings. The molecule has 6 heteroatoms. The number of aryl methyl sites for hydroxylation is 1. The van der Waals surface area contributed by atoms with Crippen LogP contribution in [0.1, 0.15) is 31.1 Å². The van der Waals surface area contributed by atoms with E-state index >= 15 is 0 Å². The van der Waals surface area contributed by atoms with Gasteiger partial charge in [-0.3, -0.25) is 0 Å². The van der Waals surface area contributed by atoms with Gasteiger partial charge in [-0.15, -0.1) is 0 Å². The van der Waals surface area contributed by atoms with Crippen LogP contribution >= 0.6 is 0 Å². The molecule has 1 fully saturated rings. The second kappa shape index (κ2) is 8.76. The maximum Gasteiger partial charge on any atom is 0.191 e. The Hall–Kier alpha value is -2.05. The highest BCUT2D eigenvalue weighted by Gasteiger charge is 2.34. The number of fused-ring (bicyclic) bond motifs is 1. The van der Waals surface area contributed by atoms with Crippen LogP contribution in [0.2, 0.25) is 0 Å². The number of para-hydroxylation sites is 1. The van der Waals surface area contributed by atoms with Crippen molar-refractivity contribution in [1.29, 1.82) is 0 Å². The van der Waals surface area contributed by atoms with E-state index in [1.54, 1.807) is 0 Å². The lowest BCUT2D eigenvalue weighted by Gasteiger charge is -2.43. The first kappa shape index (κ1) is 19.7. The first-order valence-electron chi connectivity index (χ1n) is 9.80. The van der Waals surface area contributed by atoms with Gasteiger partial charge in [0.2, 0.25) is 0 Å². The third-order valence-corrected chi connectivity index (χ3v) is 5.62. The van der Waals surface area contributed by atoms with E-state index in [2.05, 4.69) is 49.5 Å². The van der Waals surface area contributed by atoms with Crippen LogP contribution in [0.3, 0.4) is 0 Å². The topological polar surface area (TPSA) is 62.0 Å². The summed E-state index contributed by atoms with van der Waals surface area (Å²) in [4.78, 5) is 7.08. The summed E-state index contributed by atoms with van der Waals surface area (Å²) < 4.78 is 11.6. The maximum absolute atomic E-state index is 5.99. The van der Waals surface area contributed by atoms with E-state index in [0.717, 1.165) is 61.8 Å². The summed E-state index contributed by atoms with van der Waals surface area (Å²) in [7, 11) is 4.30. The summed E-state index contributed by atoms with van der Waals surface area (Å²) in [5.41, 5.74) is 2.19. The van der Waals surface area contributed by atoms with E-state index in [1.807, 2.05) is 18.2 Å². The van der Waals surface area contributed by atoms with Crippen LogP contribution < -0.4 is 10.6 Å². The molecule has 2 N–H and O–H groups in total. The van der Waals surface area contributed by atoms with Crippen LogP contribution in [0.5, 0.6) is 0 Å². The Balaban J connectivity index is 1.71. The summed E-state index contributed by atoms with van der Waals surface area (Å²) in [6.07, 6.45) is 2.05. The molecule has 2 heterocycles. The highest BCUT2D eigenvalue weighted by Crippen LogP contribution is 2.26. The van der Waals surface area contributed by atoms with Crippen molar-refractivity contribution in [2.45, 2.75) is 38.8 Å². The Labute approximate surface area is 162 Å². The molecule has 3 rings (SSSR count). The molecular weight excluding hydrogens is 340 g/mol. The third kappa shape index (κ3) is 4.45. The number of ether oxygens (including phenoxy) is 1. The number of aliphatic imine (C=N–C) groups is 1. The standard InChI is InChI=1S/C21H32N4O2/c1-5-22-20(24-15-21(25(3)4)10-12-26-13-11-21)23-14-19-16(2)17-8-6-7-9-18(17)27-19/h6-9H,5,10-15H2,1-4H3,(H2,22,23,24). The van der Waals surface area contributed by atoms with Crippen molar-refractivity contribution in [2.75, 3.05) is 40.4 Å². The van der Waals surface area contributed by atoms with E-state index < -0.39 is 0 Å². The van der Waals surface area contributed by atoms with E-state index in [1.165, 1.54) is 5.56 Å². The number of nitrogens with zero attached hydrogens (tertiary/aromatic N) is 2. The fourth-order valence-electron chi connectivity index (χ4n) is 3.65. The second-order valence-corrected chi connectivity index (χ2v) is 7.43. The molecule has 1 aromatic heterocycles. The predicted octanol–water partition coefficient (Wildman–Crippen LogP) is 2.91. The van der Waals surface area contributed by atoms with Gasteiger partial charge in [0.1, 0.15) is 17.9 Å². The minimum absolute atomic E-state index is 0.101. The number of guanidine groups is 1. The average Bonchev–Trinajstić information content (AvgIpc) is 3.01. The average molecular weight is 373 g/mol. The van der Waals surface area contributed by atoms with Gasteiger partial charge in [-0.05, 0) is 46.9 Å². The fourth-order valence-corrected chi connectivity index (χ4v) is 3.65. The number of hydrogen-bond donors (Lipinski definition) is 2. The van der Waals surface area contributed by atoms with Gasteiger partial charge in [-0.25, -0.2) is 4.99 Å². The molecular formula is C21H32N4O2. The van der Waals surface area contributed by atoms with Gasteiger partial charge >= 0.3 is 0 Å². The van der Waals surface area contributed by atoms with E-state index in [-0.39, 0.29) is 5.54 Å². The summed E-state index contributed by atoms with van der Waals surface area (Å²) in [6.45, 7) is 7.99. The van der Waals surface area contributed by atoms with Gasteiger partial charge in [-0.1, -0.05) is 18.2 Å². The van der Waals surface area contributed by atoms with Crippen LogP contribution in [0.4, 0.5) is 0 Å². The van der Waals surface area contributed by atoms with Gasteiger partial charge < -0.3 is 24.7 Å². The van der Waals surface area contributed by atoms with Crippen LogP contribution in [-0.2, 0) is 11.3 Å². The Kier molecular flexibility index (Phi) is 6.39. The third-order valence-electron chi connectivity index (χ3n) is 5.62. The van der Waals surface area contributed by atoms with Gasteiger partial charge in [0.25, 0.3) is 0 Å². The molecule has 0 aliphatic carbocycles. The summed E-state index contributed by atoms with van der Waals surface area (Å²) in [5, 5.41) is 8.05. The lowest BCUT2D eigenvalue weighted by molar-refractivity contribution is -0.00501. The maximum atomic E-state index is 5.99. The minimum Gasteiger partial charge on any atom is -0.459 e. The lowest BCUT2D eigenvalue weighted by Crippen LogP contribution is -2.57. The fraction of sp³-hybridized carbons (Fsp3) is 0.571. The second-order valence-electron chi connectivity index (χ2n) is 7.43. The van der Waals surface area contributed by atoms with Crippen LogP contribution in [0, 0.1) is 6.92 Å². The Morgan fingerprint density at radius 2 is 1.93 bits per heavy atom. The van der Waals surface area contributed by atoms with Crippen molar-refractivity contribution >= 4 is 16.9 Å². The SMILES string of the molecule is CCNC(=NCc1oc2ccccc2c1C)NCC1(N(C)C)CCOCC1. The van der Waals surface area contributed by atoms with Crippen molar-refractivity contribution in [1.82, 2.24) is 15.5 Å². The number of likely N-dealkylation sites (N-methyl/N-ethyl adjacent to an activating group) is 1. The smallest absolute Gasteiger partial charge is 0.191 e. The van der Waals surface area contributed by atoms with Crippen molar-refractivity contribution < 1.29 is 9.15 Å². The van der Waals surface area contributed by atoms with E-state index in [9.17, 15) is 0 Å². The predicted molar refractivity (Wildman–Crippen MR) is 110 cm³/mol. The highest BCUT2D eigenvalue weighted by molar-refractivity contribution is 5.82. The molecule has 1 saturated heterocycles. The van der Waals surface area contributed by atoms with Crippen LogP contribution in [-0.4, -0.2) is 56.8 Å². The van der Waals surface area contributed by atoms with Gasteiger partial charge in [0.05, 0.1) is 0 Å². The van der Waals surface area contributed by atoms with Crippen LogP contribution in [0.15, 0.2) is 33.7 Å². The highest BCUT2D eigenvalue weighted by atomic mass is 16.5. The van der Waals surface area contributed by atoms with Crippen molar-refractivity contribution in [3.8, 4) is 0 Å². The van der Waals surface area contributed by atoms with E-state index in [4.69, 9.17) is 14.1 Å². The molecule has 27 heavy (non-hydrogen) atoms. The summed E-state index contributed by atoms with van der Waals surface area (Å²) in [6, 6.07) is 8.14. The quantitative estimate of drug-likeness (QED) is 0.603. The number of nitrogens with one attached hydrogen (secondary N) is 2. The van der Waals surface area contributed by atoms with Gasteiger partial charge in [0, 0.05) is 42.8 Å². The number of rotatable bonds is 6. The first-order chi connectivity index (χ1) is 13.1. The molecule has 148 valence electrons. The molecule has 1 aromatic carbocycles. The molecule has 0 spiro atoms. The molecule has 0 atom stereocenters. The number of benzene rings is 1. The Morgan fingerprint density at radius 3 is 2.59 bits per heavy atom. The molecule has 0 bridgehead atoms. The minimum atomic E-state index is 0.101. The molecule has 6 nitrogen and oxygen atoms in total. The number of hydrogen-bond acceptors (Lipinski definition) is 4. The zero-order valence-corrected chi connectivity index (χ0v) is 17.0. The zero-order chi connectivity index (χ0) is 19.3. The van der Waals surface area contributed by atoms with Crippen LogP contribution in [0.25, 0.3) is 11.0 Å². The summed E-state index contributed by atoms with van der Waals surface area (Å²) in [5.74, 6) is 1.74. The monoisotopic (exact) mass is 372 g/mol. The number of furan rings is 1. The molecule has 0 unspecified atom stereocenters. The van der Waals surface area contributed by atoms with Gasteiger partial charge in [0.15, 0.2) is 5.96 Å². The molecule has 0 saturated carbocycles. The van der Waals surface area contributed by atoms with E-state index in [0.29, 0.717) is 6.54 Å². The molecule has 0 amide bonds. The lowest BCUT2D eigenvalue weighted by atomic mass is 9.88. The normalized spacial score (nSPS) is 17.4. The van der Waals surface area contributed by atoms with Gasteiger partial charge in [-0.2, -0.15) is 0 Å². The summed E-state index contributed by atoms with van der Waals surface area (Å²) >= 11 is 0. The largest absolute Gasteiger partial charge is 0.459 e. The molecule has 1 aliphatic rings. The molecule has 1 aliphatic heterocycles. The Bertz CT molecular complexity index is 776. The van der Waals surface area contributed by atoms with Crippen molar-refractivity contribution in [2.24, 2.45) is 4.99 Å². The van der Waals surface area contributed by atoms with Crippen molar-refractivity contribution in [3.63, 3.8) is 0 Å².